The van der Waals surface area contributed by atoms with E-state index in [0.29, 0.717) is 22.2 Å². The Morgan fingerprint density at radius 2 is 2.17 bits per heavy atom. The van der Waals surface area contributed by atoms with Crippen LogP contribution < -0.4 is 0 Å². The molecule has 94 valence electrons. The highest BCUT2D eigenvalue weighted by molar-refractivity contribution is 6.70. The van der Waals surface area contributed by atoms with Gasteiger partial charge in [0, 0.05) is 12.6 Å². The summed E-state index contributed by atoms with van der Waals surface area (Å²) in [5.74, 6) is -0.506. The summed E-state index contributed by atoms with van der Waals surface area (Å²) < 4.78 is 6.10. The molecule has 0 saturated heterocycles. The van der Waals surface area contributed by atoms with Crippen LogP contribution in [-0.2, 0) is 11.8 Å². The fourth-order valence-electron chi connectivity index (χ4n) is 1.66. The van der Waals surface area contributed by atoms with Crippen LogP contribution >= 0.6 is 11.6 Å². The number of carbonyl (C=O) groups excluding carboxylic acids is 1. The number of carbonyl (C=O) groups is 1. The molecular weight excluding hydrogens is 260 g/mol. The third kappa shape index (κ3) is 1.78. The second-order valence-corrected chi connectivity index (χ2v) is 3.81. The van der Waals surface area contributed by atoms with Gasteiger partial charge in [0.2, 0.25) is 0 Å². The van der Waals surface area contributed by atoms with Gasteiger partial charge in [0.25, 0.3) is 0 Å². The van der Waals surface area contributed by atoms with Crippen molar-refractivity contribution in [3.8, 4) is 0 Å². The summed E-state index contributed by atoms with van der Waals surface area (Å²) in [5.41, 5.74) is 1.52. The first-order valence-electron chi connectivity index (χ1n) is 4.88. The number of hydrogen-bond acceptors (Lipinski definition) is 6. The van der Waals surface area contributed by atoms with Crippen molar-refractivity contribution in [1.82, 2.24) is 15.0 Å². The normalized spacial score (nSPS) is 11.8. The Morgan fingerprint density at radius 3 is 2.78 bits per heavy atom. The molecule has 1 aromatic carbocycles. The summed E-state index contributed by atoms with van der Waals surface area (Å²) in [6.45, 7) is 0. The summed E-state index contributed by atoms with van der Waals surface area (Å²) >= 11 is 5.75. The van der Waals surface area contributed by atoms with Gasteiger partial charge in [-0.25, -0.2) is 9.48 Å². The Labute approximate surface area is 107 Å². The average molecular weight is 269 g/mol. The Bertz CT molecular complexity index is 650. The smallest absolute Gasteiger partial charge is 0.340 e. The highest BCUT2D eigenvalue weighted by atomic mass is 35.5. The van der Waals surface area contributed by atoms with Gasteiger partial charge >= 0.3 is 5.97 Å². The van der Waals surface area contributed by atoms with Crippen molar-refractivity contribution in [2.24, 2.45) is 12.2 Å². The van der Waals surface area contributed by atoms with E-state index in [9.17, 15) is 4.79 Å². The van der Waals surface area contributed by atoms with Crippen LogP contribution in [-0.4, -0.2) is 38.5 Å². The number of aromatic nitrogens is 3. The molecule has 0 aliphatic carbocycles. The number of fused-ring (bicyclic) bond motifs is 1. The van der Waals surface area contributed by atoms with Crippen LogP contribution in [0, 0.1) is 0 Å². The van der Waals surface area contributed by atoms with Crippen molar-refractivity contribution in [3.63, 3.8) is 0 Å². The molecule has 0 aliphatic heterocycles. The van der Waals surface area contributed by atoms with Gasteiger partial charge in [-0.3, -0.25) is 0 Å². The first-order chi connectivity index (χ1) is 8.60. The summed E-state index contributed by atoms with van der Waals surface area (Å²) in [6.07, 6.45) is 0. The lowest BCUT2D eigenvalue weighted by Crippen LogP contribution is -2.06. The van der Waals surface area contributed by atoms with Gasteiger partial charge in [0.1, 0.15) is 11.0 Å². The van der Waals surface area contributed by atoms with Crippen molar-refractivity contribution in [3.05, 3.63) is 23.3 Å². The molecule has 8 heteroatoms. The quantitative estimate of drug-likeness (QED) is 0.382. The van der Waals surface area contributed by atoms with Gasteiger partial charge in [-0.2, -0.15) is 0 Å². The third-order valence-corrected chi connectivity index (χ3v) is 2.75. The maximum Gasteiger partial charge on any atom is 0.340 e. The number of rotatable bonds is 2. The number of oxime groups is 1. The van der Waals surface area contributed by atoms with Gasteiger partial charge < -0.3 is 9.94 Å². The Hall–Kier alpha value is -2.15. The number of methoxy groups -OCH3 is 1. The Morgan fingerprint density at radius 1 is 1.50 bits per heavy atom. The standard InChI is InChI=1S/C10H9ClN4O3/c1-15-8-6(10(16)18-2)4-3-5(9(11)13-17)7(8)12-14-15/h3-4,17H,1-2H3/b13-9-. The first kappa shape index (κ1) is 12.3. The van der Waals surface area contributed by atoms with Crippen molar-refractivity contribution in [2.45, 2.75) is 0 Å². The lowest BCUT2D eigenvalue weighted by molar-refractivity contribution is 0.0602. The van der Waals surface area contributed by atoms with Crippen molar-refractivity contribution in [2.75, 3.05) is 7.11 Å². The van der Waals surface area contributed by atoms with Crippen molar-refractivity contribution < 1.29 is 14.7 Å². The van der Waals surface area contributed by atoms with E-state index in [-0.39, 0.29) is 5.17 Å². The number of halogens is 1. The minimum Gasteiger partial charge on any atom is -0.465 e. The van der Waals surface area contributed by atoms with Crippen LogP contribution in [0.2, 0.25) is 0 Å². The Balaban J connectivity index is 2.80. The van der Waals surface area contributed by atoms with E-state index in [2.05, 4.69) is 20.2 Å². The summed E-state index contributed by atoms with van der Waals surface area (Å²) in [4.78, 5) is 11.6. The van der Waals surface area contributed by atoms with E-state index in [1.165, 1.54) is 23.9 Å². The van der Waals surface area contributed by atoms with Crippen LogP contribution in [0.1, 0.15) is 15.9 Å². The topological polar surface area (TPSA) is 89.6 Å². The molecule has 0 unspecified atom stereocenters. The SMILES string of the molecule is COC(=O)c1ccc(/C(Cl)=N/O)c2nnn(C)c12. The maximum absolute atomic E-state index is 11.6. The monoisotopic (exact) mass is 268 g/mol. The predicted octanol–water partition coefficient (Wildman–Crippen LogP) is 1.13. The minimum atomic E-state index is -0.506. The number of nitrogens with zero attached hydrogens (tertiary/aromatic N) is 4. The minimum absolute atomic E-state index is 0.128. The molecule has 2 rings (SSSR count). The summed E-state index contributed by atoms with van der Waals surface area (Å²) in [7, 11) is 2.92. The molecule has 0 atom stereocenters. The number of benzene rings is 1. The fourth-order valence-corrected chi connectivity index (χ4v) is 1.81. The average Bonchev–Trinajstić information content (AvgIpc) is 2.78. The largest absolute Gasteiger partial charge is 0.465 e. The molecule has 1 N–H and O–H groups in total. The van der Waals surface area contributed by atoms with E-state index in [1.54, 1.807) is 7.05 Å². The van der Waals surface area contributed by atoms with Crippen molar-refractivity contribution >= 4 is 33.8 Å². The molecule has 0 radical (unpaired) electrons. The van der Waals surface area contributed by atoms with Gasteiger partial charge in [-0.05, 0) is 12.1 Å². The van der Waals surface area contributed by atoms with Crippen LogP contribution in [0.4, 0.5) is 0 Å². The number of ether oxygens (including phenoxy) is 1. The van der Waals surface area contributed by atoms with E-state index in [4.69, 9.17) is 16.8 Å². The molecule has 18 heavy (non-hydrogen) atoms. The summed E-state index contributed by atoms with van der Waals surface area (Å²) in [5, 5.41) is 19.2. The highest BCUT2D eigenvalue weighted by Crippen LogP contribution is 2.22. The van der Waals surface area contributed by atoms with Gasteiger partial charge in [0.05, 0.1) is 12.7 Å². The van der Waals surface area contributed by atoms with Crippen molar-refractivity contribution in [1.29, 1.82) is 0 Å². The van der Waals surface area contributed by atoms with E-state index >= 15 is 0 Å². The molecule has 2 aromatic rings. The van der Waals surface area contributed by atoms with Crippen LogP contribution in [0.15, 0.2) is 17.3 Å². The predicted molar refractivity (Wildman–Crippen MR) is 64.0 cm³/mol. The molecule has 0 aliphatic rings. The van der Waals surface area contributed by atoms with Gasteiger partial charge in [-0.1, -0.05) is 22.0 Å². The van der Waals surface area contributed by atoms with E-state index < -0.39 is 5.97 Å². The maximum atomic E-state index is 11.6. The first-order valence-corrected chi connectivity index (χ1v) is 5.26. The molecule has 0 fully saturated rings. The summed E-state index contributed by atoms with van der Waals surface area (Å²) in [6, 6.07) is 3.03. The zero-order chi connectivity index (χ0) is 13.3. The fraction of sp³-hybridized carbons (Fsp3) is 0.200. The van der Waals surface area contributed by atoms with E-state index in [0.717, 1.165) is 0 Å². The van der Waals surface area contributed by atoms with Gasteiger partial charge in [0.15, 0.2) is 5.17 Å². The molecule has 0 spiro atoms. The zero-order valence-electron chi connectivity index (χ0n) is 9.59. The van der Waals surface area contributed by atoms with Gasteiger partial charge in [-0.15, -0.1) is 5.10 Å². The molecular formula is C10H9ClN4O3. The van der Waals surface area contributed by atoms with Crippen LogP contribution in [0.25, 0.3) is 11.0 Å². The number of esters is 1. The molecule has 0 amide bonds. The second-order valence-electron chi connectivity index (χ2n) is 3.45. The molecule has 1 aromatic heterocycles. The second kappa shape index (κ2) is 4.61. The molecule has 0 bridgehead atoms. The van der Waals surface area contributed by atoms with Crippen LogP contribution in [0.5, 0.6) is 0 Å². The highest BCUT2D eigenvalue weighted by Gasteiger charge is 2.19. The molecule has 0 saturated carbocycles. The van der Waals surface area contributed by atoms with E-state index in [1.807, 2.05) is 0 Å². The zero-order valence-corrected chi connectivity index (χ0v) is 10.3. The molecule has 1 heterocycles. The Kier molecular flexibility index (Phi) is 3.15. The lowest BCUT2D eigenvalue weighted by atomic mass is 10.1. The lowest BCUT2D eigenvalue weighted by Gasteiger charge is -2.04. The molecule has 7 nitrogen and oxygen atoms in total. The number of aryl methyl sites for hydroxylation is 1. The number of hydrogen-bond donors (Lipinski definition) is 1. The van der Waals surface area contributed by atoms with Crippen LogP contribution in [0.3, 0.4) is 0 Å². The third-order valence-electron chi connectivity index (χ3n) is 2.47.